The third-order valence-electron chi connectivity index (χ3n) is 5.33. The molecule has 0 saturated heterocycles. The summed E-state index contributed by atoms with van der Waals surface area (Å²) >= 11 is 0. The molecule has 142 valence electrons. The van der Waals surface area contributed by atoms with Crippen LogP contribution in [0.3, 0.4) is 0 Å². The number of fused-ring (bicyclic) bond motifs is 3. The summed E-state index contributed by atoms with van der Waals surface area (Å²) in [5.41, 5.74) is 5.08. The smallest absolute Gasteiger partial charge is 0.344 e. The van der Waals surface area contributed by atoms with E-state index in [1.807, 2.05) is 0 Å². The Bertz CT molecular complexity index is 971. The molecule has 0 fully saturated rings. The van der Waals surface area contributed by atoms with E-state index in [-0.39, 0.29) is 0 Å². The van der Waals surface area contributed by atoms with Crippen LogP contribution >= 0.6 is 0 Å². The highest BCUT2D eigenvalue weighted by molar-refractivity contribution is 5.86. The molecule has 27 heavy (non-hydrogen) atoms. The fraction of sp³-hybridized carbons (Fsp3) is 0.381. The summed E-state index contributed by atoms with van der Waals surface area (Å²) in [5.74, 6) is 0.396. The van der Waals surface area contributed by atoms with Gasteiger partial charge in [0.15, 0.2) is 0 Å². The van der Waals surface area contributed by atoms with Gasteiger partial charge in [-0.15, -0.1) is 0 Å². The maximum absolute atomic E-state index is 12.7. The number of hydrogen-bond acceptors (Lipinski definition) is 2. The molecule has 1 unspecified atom stereocenters. The first-order valence-electron chi connectivity index (χ1n) is 9.19. The molecule has 2 aromatic heterocycles. The van der Waals surface area contributed by atoms with Gasteiger partial charge in [-0.25, -0.2) is 0 Å². The molecule has 1 aromatic carbocycles. The summed E-state index contributed by atoms with van der Waals surface area (Å²) in [6.07, 6.45) is -2.40. The van der Waals surface area contributed by atoms with E-state index in [0.717, 1.165) is 31.3 Å². The monoisotopic (exact) mass is 373 g/mol. The van der Waals surface area contributed by atoms with E-state index in [0.29, 0.717) is 12.3 Å². The molecule has 0 amide bonds. The number of nitrogens with zero attached hydrogens (tertiary/aromatic N) is 2. The van der Waals surface area contributed by atoms with Crippen molar-refractivity contribution in [2.75, 3.05) is 6.54 Å². The quantitative estimate of drug-likeness (QED) is 0.714. The average molecular weight is 373 g/mol. The van der Waals surface area contributed by atoms with Gasteiger partial charge < -0.3 is 9.88 Å². The Balaban J connectivity index is 1.67. The Morgan fingerprint density at radius 3 is 2.74 bits per heavy atom. The summed E-state index contributed by atoms with van der Waals surface area (Å²) in [6.45, 7) is 6.83. The zero-order valence-electron chi connectivity index (χ0n) is 15.4. The van der Waals surface area contributed by atoms with Gasteiger partial charge in [0.25, 0.3) is 0 Å². The number of halogens is 3. The molecule has 1 atom stereocenters. The molecule has 0 spiro atoms. The van der Waals surface area contributed by atoms with Gasteiger partial charge in [-0.05, 0) is 42.7 Å². The van der Waals surface area contributed by atoms with E-state index >= 15 is 0 Å². The molecule has 3 nitrogen and oxygen atoms in total. The number of aryl methyl sites for hydroxylation is 3. The van der Waals surface area contributed by atoms with Crippen molar-refractivity contribution in [1.82, 2.24) is 14.9 Å². The molecule has 3 heterocycles. The molecule has 3 aromatic rings. The molecule has 4 rings (SSSR count). The highest BCUT2D eigenvalue weighted by Gasteiger charge is 2.32. The SMILES string of the molecule is Cc1ccc2c(c1)c1c(n2CCc2ccc(C(F)(F)F)nc2)C(C)CNC1. The van der Waals surface area contributed by atoms with E-state index in [1.165, 1.54) is 40.0 Å². The van der Waals surface area contributed by atoms with Crippen LogP contribution in [-0.2, 0) is 25.7 Å². The van der Waals surface area contributed by atoms with Gasteiger partial charge in [-0.3, -0.25) is 4.98 Å². The molecule has 1 aliphatic heterocycles. The predicted molar refractivity (Wildman–Crippen MR) is 99.7 cm³/mol. The second kappa shape index (κ2) is 6.68. The minimum absolute atomic E-state index is 0.396. The van der Waals surface area contributed by atoms with Crippen LogP contribution in [0.1, 0.15) is 40.9 Å². The van der Waals surface area contributed by atoms with Crippen LogP contribution in [-0.4, -0.2) is 16.1 Å². The number of alkyl halides is 3. The minimum Gasteiger partial charge on any atom is -0.344 e. The molecule has 0 aliphatic carbocycles. The molecule has 6 heteroatoms. The lowest BCUT2D eigenvalue weighted by molar-refractivity contribution is -0.141. The summed E-state index contributed by atoms with van der Waals surface area (Å²) in [4.78, 5) is 3.58. The van der Waals surface area contributed by atoms with Crippen molar-refractivity contribution >= 4 is 10.9 Å². The normalized spacial score (nSPS) is 17.3. The van der Waals surface area contributed by atoms with Crippen LogP contribution in [0, 0.1) is 6.92 Å². The average Bonchev–Trinajstić information content (AvgIpc) is 2.94. The maximum atomic E-state index is 12.7. The van der Waals surface area contributed by atoms with E-state index in [2.05, 4.69) is 46.9 Å². The van der Waals surface area contributed by atoms with Crippen LogP contribution in [0.15, 0.2) is 36.5 Å². The van der Waals surface area contributed by atoms with Crippen LogP contribution in [0.2, 0.25) is 0 Å². The number of benzene rings is 1. The topological polar surface area (TPSA) is 29.9 Å². The van der Waals surface area contributed by atoms with E-state index < -0.39 is 11.9 Å². The Labute approximate surface area is 156 Å². The summed E-state index contributed by atoms with van der Waals surface area (Å²) in [5, 5.41) is 4.75. The fourth-order valence-electron chi connectivity index (χ4n) is 4.04. The van der Waals surface area contributed by atoms with Gasteiger partial charge in [0.1, 0.15) is 5.69 Å². The lowest BCUT2D eigenvalue weighted by Gasteiger charge is -2.23. The zero-order valence-corrected chi connectivity index (χ0v) is 15.4. The third kappa shape index (κ3) is 3.34. The summed E-state index contributed by atoms with van der Waals surface area (Å²) in [7, 11) is 0. The summed E-state index contributed by atoms with van der Waals surface area (Å²) in [6, 6.07) is 9.09. The molecular formula is C21H22F3N3. The maximum Gasteiger partial charge on any atom is 0.433 e. The largest absolute Gasteiger partial charge is 0.433 e. The molecular weight excluding hydrogens is 351 g/mol. The Kier molecular flexibility index (Phi) is 4.46. The van der Waals surface area contributed by atoms with Gasteiger partial charge in [-0.1, -0.05) is 24.6 Å². The van der Waals surface area contributed by atoms with E-state index in [9.17, 15) is 13.2 Å². The van der Waals surface area contributed by atoms with Crippen molar-refractivity contribution in [3.8, 4) is 0 Å². The van der Waals surface area contributed by atoms with Gasteiger partial charge in [-0.2, -0.15) is 13.2 Å². The van der Waals surface area contributed by atoms with Crippen molar-refractivity contribution in [2.24, 2.45) is 0 Å². The molecule has 1 aliphatic rings. The lowest BCUT2D eigenvalue weighted by atomic mass is 9.97. The van der Waals surface area contributed by atoms with E-state index in [1.54, 1.807) is 0 Å². The molecule has 0 radical (unpaired) electrons. The van der Waals surface area contributed by atoms with Crippen molar-refractivity contribution < 1.29 is 13.2 Å². The zero-order chi connectivity index (χ0) is 19.2. The molecule has 1 N–H and O–H groups in total. The lowest BCUT2D eigenvalue weighted by Crippen LogP contribution is -2.28. The fourth-order valence-corrected chi connectivity index (χ4v) is 4.04. The standard InChI is InChI=1S/C21H22F3N3/c1-13-3-5-18-16(9-13)17-12-25-10-14(2)20(17)27(18)8-7-15-4-6-19(26-11-15)21(22,23)24/h3-6,9,11,14,25H,7-8,10,12H2,1-2H3. The molecule has 0 saturated carbocycles. The molecule has 0 bridgehead atoms. The number of rotatable bonds is 3. The predicted octanol–water partition coefficient (Wildman–Crippen LogP) is 4.81. The highest BCUT2D eigenvalue weighted by atomic mass is 19.4. The Hall–Kier alpha value is -2.34. The second-order valence-corrected chi connectivity index (χ2v) is 7.37. The van der Waals surface area contributed by atoms with Gasteiger partial charge >= 0.3 is 6.18 Å². The first-order valence-corrected chi connectivity index (χ1v) is 9.19. The number of hydrogen-bond donors (Lipinski definition) is 1. The van der Waals surface area contributed by atoms with Crippen LogP contribution in [0.4, 0.5) is 13.2 Å². The first kappa shape index (κ1) is 18.0. The number of pyridine rings is 1. The van der Waals surface area contributed by atoms with Crippen LogP contribution in [0.25, 0.3) is 10.9 Å². The number of aromatic nitrogens is 2. The minimum atomic E-state index is -4.39. The van der Waals surface area contributed by atoms with Crippen molar-refractivity contribution in [3.63, 3.8) is 0 Å². The van der Waals surface area contributed by atoms with Gasteiger partial charge in [0.05, 0.1) is 0 Å². The van der Waals surface area contributed by atoms with E-state index in [4.69, 9.17) is 0 Å². The second-order valence-electron chi connectivity index (χ2n) is 7.37. The summed E-state index contributed by atoms with van der Waals surface area (Å²) < 4.78 is 40.4. The van der Waals surface area contributed by atoms with Gasteiger partial charge in [0, 0.05) is 48.3 Å². The van der Waals surface area contributed by atoms with Crippen LogP contribution in [0.5, 0.6) is 0 Å². The van der Waals surface area contributed by atoms with Crippen molar-refractivity contribution in [1.29, 1.82) is 0 Å². The Morgan fingerprint density at radius 2 is 2.04 bits per heavy atom. The Morgan fingerprint density at radius 1 is 1.22 bits per heavy atom. The van der Waals surface area contributed by atoms with Crippen LogP contribution < -0.4 is 5.32 Å². The van der Waals surface area contributed by atoms with Crippen molar-refractivity contribution in [2.45, 2.75) is 45.5 Å². The third-order valence-corrected chi connectivity index (χ3v) is 5.33. The van der Waals surface area contributed by atoms with Crippen molar-refractivity contribution in [3.05, 3.63) is 64.6 Å². The highest BCUT2D eigenvalue weighted by Crippen LogP contribution is 2.34. The number of nitrogens with one attached hydrogen (secondary N) is 1. The first-order chi connectivity index (χ1) is 12.8. The van der Waals surface area contributed by atoms with Gasteiger partial charge in [0.2, 0.25) is 0 Å².